The maximum absolute atomic E-state index is 12.4. The molecule has 1 aromatic carbocycles. The highest BCUT2D eigenvalue weighted by atomic mass is 16.5. The molecular formula is C20H19N5O2. The number of nitrogens with zero attached hydrogens (tertiary/aromatic N) is 4. The minimum absolute atomic E-state index is 0.162. The minimum atomic E-state index is -0.474. The van der Waals surface area contributed by atoms with Gasteiger partial charge in [-0.2, -0.15) is 5.26 Å². The second-order valence-electron chi connectivity index (χ2n) is 6.23. The molecule has 0 aliphatic carbocycles. The SMILES string of the molecule is CCCN(O)C(=O)C1=Cc2ccc(-c3cncc(C#N)c3)cc2N=C(N)C1. The van der Waals surface area contributed by atoms with Crippen molar-refractivity contribution in [3.8, 4) is 17.2 Å². The quantitative estimate of drug-likeness (QED) is 0.641. The van der Waals surface area contributed by atoms with E-state index in [9.17, 15) is 10.0 Å². The molecule has 2 heterocycles. The van der Waals surface area contributed by atoms with E-state index in [1.54, 1.807) is 18.3 Å². The molecule has 0 saturated heterocycles. The Morgan fingerprint density at radius 3 is 2.89 bits per heavy atom. The van der Waals surface area contributed by atoms with Crippen molar-refractivity contribution in [3.05, 3.63) is 53.4 Å². The first-order valence-corrected chi connectivity index (χ1v) is 8.55. The van der Waals surface area contributed by atoms with Crippen molar-refractivity contribution in [1.82, 2.24) is 10.0 Å². The molecule has 1 amide bonds. The van der Waals surface area contributed by atoms with E-state index in [1.165, 1.54) is 6.20 Å². The van der Waals surface area contributed by atoms with Crippen LogP contribution in [-0.2, 0) is 4.79 Å². The van der Waals surface area contributed by atoms with E-state index < -0.39 is 5.91 Å². The first-order valence-electron chi connectivity index (χ1n) is 8.55. The monoisotopic (exact) mass is 361 g/mol. The summed E-state index contributed by atoms with van der Waals surface area (Å²) in [6.45, 7) is 2.13. The third kappa shape index (κ3) is 4.02. The summed E-state index contributed by atoms with van der Waals surface area (Å²) in [5.74, 6) is -0.183. The van der Waals surface area contributed by atoms with Gasteiger partial charge in [-0.05, 0) is 30.2 Å². The number of hydroxylamine groups is 2. The first-order chi connectivity index (χ1) is 13.0. The largest absolute Gasteiger partial charge is 0.387 e. The fraction of sp³-hybridized carbons (Fsp3) is 0.200. The Bertz CT molecular complexity index is 988. The normalized spacial score (nSPS) is 12.9. The molecular weight excluding hydrogens is 342 g/mol. The number of aromatic nitrogens is 1. The lowest BCUT2D eigenvalue weighted by Crippen LogP contribution is -2.30. The number of amidine groups is 1. The summed E-state index contributed by atoms with van der Waals surface area (Å²) < 4.78 is 0. The Kier molecular flexibility index (Phi) is 5.29. The van der Waals surface area contributed by atoms with Gasteiger partial charge in [0.15, 0.2) is 0 Å². The van der Waals surface area contributed by atoms with Gasteiger partial charge in [0.1, 0.15) is 11.9 Å². The number of nitrogens with two attached hydrogens (primary N) is 1. The van der Waals surface area contributed by atoms with E-state index in [0.717, 1.165) is 16.7 Å². The molecule has 0 spiro atoms. The fourth-order valence-corrected chi connectivity index (χ4v) is 2.85. The molecule has 3 rings (SSSR count). The zero-order valence-electron chi connectivity index (χ0n) is 14.9. The third-order valence-corrected chi connectivity index (χ3v) is 4.14. The average molecular weight is 361 g/mol. The minimum Gasteiger partial charge on any atom is -0.387 e. The van der Waals surface area contributed by atoms with Crippen LogP contribution in [0, 0.1) is 11.3 Å². The van der Waals surface area contributed by atoms with Crippen molar-refractivity contribution in [2.24, 2.45) is 10.7 Å². The highest BCUT2D eigenvalue weighted by molar-refractivity contribution is 6.05. The molecule has 136 valence electrons. The zero-order valence-corrected chi connectivity index (χ0v) is 14.9. The Morgan fingerprint density at radius 1 is 1.33 bits per heavy atom. The number of fused-ring (bicyclic) bond motifs is 1. The molecule has 7 heteroatoms. The number of carbonyl (C=O) groups is 1. The summed E-state index contributed by atoms with van der Waals surface area (Å²) in [5.41, 5.74) is 9.82. The topological polar surface area (TPSA) is 116 Å². The van der Waals surface area contributed by atoms with Crippen molar-refractivity contribution in [3.63, 3.8) is 0 Å². The number of carbonyl (C=O) groups excluding carboxylic acids is 1. The van der Waals surface area contributed by atoms with E-state index in [1.807, 2.05) is 25.1 Å². The number of hydrogen-bond donors (Lipinski definition) is 2. The van der Waals surface area contributed by atoms with Gasteiger partial charge < -0.3 is 5.73 Å². The predicted molar refractivity (Wildman–Crippen MR) is 102 cm³/mol. The lowest BCUT2D eigenvalue weighted by Gasteiger charge is -2.15. The first kappa shape index (κ1) is 18.3. The molecule has 0 fully saturated rings. The molecule has 1 aliphatic rings. The number of aliphatic imine (C=N–C) groups is 1. The third-order valence-electron chi connectivity index (χ3n) is 4.14. The van der Waals surface area contributed by atoms with E-state index in [4.69, 9.17) is 11.0 Å². The van der Waals surface area contributed by atoms with Crippen LogP contribution in [0.5, 0.6) is 0 Å². The maximum atomic E-state index is 12.4. The Labute approximate surface area is 157 Å². The standard InChI is InChI=1S/C20H19N5O2/c1-2-5-25(27)20(26)16-7-15-4-3-14(8-18(15)24-19(22)9-16)17-6-13(10-21)11-23-12-17/h3-4,6-8,11-12,27H,2,5,9H2,1H3,(H2,22,24). The van der Waals surface area contributed by atoms with Crippen molar-refractivity contribution in [2.75, 3.05) is 6.54 Å². The summed E-state index contributed by atoms with van der Waals surface area (Å²) in [6, 6.07) is 9.36. The summed E-state index contributed by atoms with van der Waals surface area (Å²) in [4.78, 5) is 20.9. The molecule has 1 aromatic heterocycles. The van der Waals surface area contributed by atoms with Crippen LogP contribution in [0.25, 0.3) is 17.2 Å². The van der Waals surface area contributed by atoms with Crippen LogP contribution in [0.15, 0.2) is 47.2 Å². The molecule has 7 nitrogen and oxygen atoms in total. The van der Waals surface area contributed by atoms with Crippen LogP contribution in [-0.4, -0.2) is 33.5 Å². The number of rotatable bonds is 4. The molecule has 27 heavy (non-hydrogen) atoms. The van der Waals surface area contributed by atoms with Gasteiger partial charge in [0.05, 0.1) is 11.3 Å². The van der Waals surface area contributed by atoms with Crippen molar-refractivity contribution >= 4 is 23.5 Å². The Hall–Kier alpha value is -3.50. The van der Waals surface area contributed by atoms with Crippen LogP contribution in [0.4, 0.5) is 5.69 Å². The highest BCUT2D eigenvalue weighted by Crippen LogP contribution is 2.32. The van der Waals surface area contributed by atoms with Gasteiger partial charge in [-0.25, -0.2) is 10.1 Å². The molecule has 2 aromatic rings. The molecule has 3 N–H and O–H groups in total. The second-order valence-corrected chi connectivity index (χ2v) is 6.23. The predicted octanol–water partition coefficient (Wildman–Crippen LogP) is 3.02. The molecule has 1 aliphatic heterocycles. The summed E-state index contributed by atoms with van der Waals surface area (Å²) in [5, 5.41) is 19.6. The van der Waals surface area contributed by atoms with Crippen LogP contribution in [0.1, 0.15) is 30.9 Å². The Morgan fingerprint density at radius 2 is 2.15 bits per heavy atom. The van der Waals surface area contributed by atoms with Gasteiger partial charge in [-0.15, -0.1) is 0 Å². The lowest BCUT2D eigenvalue weighted by atomic mass is 10.0. The second kappa shape index (κ2) is 7.81. The number of hydrogen-bond acceptors (Lipinski definition) is 6. The van der Waals surface area contributed by atoms with E-state index >= 15 is 0 Å². The van der Waals surface area contributed by atoms with Gasteiger partial charge in [0, 0.05) is 42.1 Å². The van der Waals surface area contributed by atoms with Crippen molar-refractivity contribution in [1.29, 1.82) is 5.26 Å². The lowest BCUT2D eigenvalue weighted by molar-refractivity contribution is -0.160. The van der Waals surface area contributed by atoms with Gasteiger partial charge in [-0.3, -0.25) is 15.0 Å². The van der Waals surface area contributed by atoms with Crippen molar-refractivity contribution < 1.29 is 10.0 Å². The molecule has 0 radical (unpaired) electrons. The summed E-state index contributed by atoms with van der Waals surface area (Å²) >= 11 is 0. The highest BCUT2D eigenvalue weighted by Gasteiger charge is 2.20. The van der Waals surface area contributed by atoms with Crippen LogP contribution >= 0.6 is 0 Å². The van der Waals surface area contributed by atoms with E-state index in [2.05, 4.69) is 16.0 Å². The van der Waals surface area contributed by atoms with E-state index in [-0.39, 0.29) is 13.0 Å². The van der Waals surface area contributed by atoms with Crippen molar-refractivity contribution in [2.45, 2.75) is 19.8 Å². The van der Waals surface area contributed by atoms with Gasteiger partial charge in [-0.1, -0.05) is 19.1 Å². The van der Waals surface area contributed by atoms with Crippen LogP contribution < -0.4 is 5.73 Å². The molecule has 0 atom stereocenters. The van der Waals surface area contributed by atoms with Gasteiger partial charge in [0.25, 0.3) is 5.91 Å². The fourth-order valence-electron chi connectivity index (χ4n) is 2.85. The summed E-state index contributed by atoms with van der Waals surface area (Å²) in [7, 11) is 0. The number of amides is 1. The number of nitriles is 1. The van der Waals surface area contributed by atoms with Gasteiger partial charge >= 0.3 is 0 Å². The molecule has 0 saturated carbocycles. The molecule has 0 unspecified atom stereocenters. The number of benzene rings is 1. The van der Waals surface area contributed by atoms with E-state index in [0.29, 0.717) is 34.1 Å². The smallest absolute Gasteiger partial charge is 0.273 e. The van der Waals surface area contributed by atoms with Gasteiger partial charge in [0.2, 0.25) is 0 Å². The number of pyridine rings is 1. The zero-order chi connectivity index (χ0) is 19.4. The maximum Gasteiger partial charge on any atom is 0.273 e. The average Bonchev–Trinajstić information content (AvgIpc) is 2.84. The van der Waals surface area contributed by atoms with Crippen LogP contribution in [0.2, 0.25) is 0 Å². The summed E-state index contributed by atoms with van der Waals surface area (Å²) in [6.07, 6.45) is 5.68. The Balaban J connectivity index is 2.00. The van der Waals surface area contributed by atoms with Crippen LogP contribution in [0.3, 0.4) is 0 Å². The molecule has 0 bridgehead atoms.